The van der Waals surface area contributed by atoms with Gasteiger partial charge in [0, 0.05) is 19.4 Å². The molecule has 0 unspecified atom stereocenters. The third-order valence-corrected chi connectivity index (χ3v) is 5.74. The lowest BCUT2D eigenvalue weighted by atomic mass is 10.1. The van der Waals surface area contributed by atoms with E-state index in [9.17, 15) is 12.8 Å². The third-order valence-electron chi connectivity index (χ3n) is 4.14. The number of nitrogens with zero attached hydrogens (tertiary/aromatic N) is 2. The van der Waals surface area contributed by atoms with Crippen LogP contribution in [0.2, 0.25) is 0 Å². The molecule has 2 N–H and O–H groups in total. The number of nitrogens with one attached hydrogen (secondary N) is 2. The first-order valence-corrected chi connectivity index (χ1v) is 10.0. The lowest BCUT2D eigenvalue weighted by Gasteiger charge is -2.09. The highest BCUT2D eigenvalue weighted by Gasteiger charge is 2.16. The van der Waals surface area contributed by atoms with Gasteiger partial charge >= 0.3 is 0 Å². The Kier molecular flexibility index (Phi) is 5.67. The molecule has 1 aromatic heterocycles. The number of aromatic amines is 1. The number of aromatic nitrogens is 3. The van der Waals surface area contributed by atoms with Crippen LogP contribution in [0.5, 0.6) is 0 Å². The zero-order valence-electron chi connectivity index (χ0n) is 15.2. The lowest BCUT2D eigenvalue weighted by Crippen LogP contribution is -2.27. The molecule has 0 spiro atoms. The highest BCUT2D eigenvalue weighted by atomic mass is 32.2. The molecule has 0 aliphatic heterocycles. The molecular formula is C19H21FN4O2S. The fourth-order valence-corrected chi connectivity index (χ4v) is 4.05. The fraction of sp³-hybridized carbons (Fsp3) is 0.263. The number of sulfonamides is 1. The smallest absolute Gasteiger partial charge is 0.240 e. The van der Waals surface area contributed by atoms with E-state index >= 15 is 0 Å². The summed E-state index contributed by atoms with van der Waals surface area (Å²) < 4.78 is 40.5. The summed E-state index contributed by atoms with van der Waals surface area (Å²) in [6, 6.07) is 11.5. The highest BCUT2D eigenvalue weighted by molar-refractivity contribution is 7.89. The van der Waals surface area contributed by atoms with Crippen molar-refractivity contribution in [2.75, 3.05) is 6.54 Å². The molecule has 0 aliphatic rings. The van der Waals surface area contributed by atoms with E-state index in [1.54, 1.807) is 31.2 Å². The van der Waals surface area contributed by atoms with Crippen molar-refractivity contribution < 1.29 is 12.8 Å². The normalized spacial score (nSPS) is 11.7. The molecule has 8 heteroatoms. The summed E-state index contributed by atoms with van der Waals surface area (Å²) in [5.41, 5.74) is 2.50. The standard InChI is InChI=1S/C19H21FN4O2S/c1-13-3-4-14(2)17(11-13)27(25,26)21-10-9-18-22-19(24-23-18)12-15-5-7-16(20)8-6-15/h3-8,11,21H,9-10,12H2,1-2H3,(H,22,23,24). The van der Waals surface area contributed by atoms with Crippen LogP contribution in [0.1, 0.15) is 28.3 Å². The quantitative estimate of drug-likeness (QED) is 0.651. The molecule has 3 aromatic rings. The first-order valence-electron chi connectivity index (χ1n) is 8.55. The van der Waals surface area contributed by atoms with Crippen LogP contribution in [0.3, 0.4) is 0 Å². The lowest BCUT2D eigenvalue weighted by molar-refractivity contribution is 0.580. The van der Waals surface area contributed by atoms with Crippen molar-refractivity contribution in [1.82, 2.24) is 19.9 Å². The molecule has 0 aliphatic carbocycles. The summed E-state index contributed by atoms with van der Waals surface area (Å²) in [6.45, 7) is 3.82. The van der Waals surface area contributed by atoms with Crippen molar-refractivity contribution in [3.8, 4) is 0 Å². The monoisotopic (exact) mass is 388 g/mol. The number of halogens is 1. The minimum atomic E-state index is -3.58. The minimum absolute atomic E-state index is 0.198. The van der Waals surface area contributed by atoms with Gasteiger partial charge in [-0.15, -0.1) is 0 Å². The second-order valence-electron chi connectivity index (χ2n) is 6.42. The van der Waals surface area contributed by atoms with Gasteiger partial charge in [0.25, 0.3) is 0 Å². The first-order chi connectivity index (χ1) is 12.8. The van der Waals surface area contributed by atoms with Gasteiger partial charge in [0.1, 0.15) is 11.6 Å². The summed E-state index contributed by atoms with van der Waals surface area (Å²) in [5, 5.41) is 6.94. The van der Waals surface area contributed by atoms with Gasteiger partial charge in [0.05, 0.1) is 4.90 Å². The van der Waals surface area contributed by atoms with Crippen LogP contribution < -0.4 is 4.72 Å². The molecule has 142 valence electrons. The SMILES string of the molecule is Cc1ccc(C)c(S(=O)(=O)NCCc2n[nH]c(Cc3ccc(F)cc3)n2)c1. The maximum atomic E-state index is 12.9. The number of H-pyrrole nitrogens is 1. The van der Waals surface area contributed by atoms with Crippen molar-refractivity contribution in [2.24, 2.45) is 0 Å². The zero-order valence-corrected chi connectivity index (χ0v) is 16.0. The maximum Gasteiger partial charge on any atom is 0.240 e. The van der Waals surface area contributed by atoms with Crippen LogP contribution in [0.25, 0.3) is 0 Å². The minimum Gasteiger partial charge on any atom is -0.263 e. The Morgan fingerprint density at radius 3 is 2.59 bits per heavy atom. The van der Waals surface area contributed by atoms with E-state index in [-0.39, 0.29) is 17.3 Å². The maximum absolute atomic E-state index is 12.9. The molecule has 6 nitrogen and oxygen atoms in total. The summed E-state index contributed by atoms with van der Waals surface area (Å²) in [5.74, 6) is 0.887. The Morgan fingerprint density at radius 2 is 1.85 bits per heavy atom. The largest absolute Gasteiger partial charge is 0.263 e. The van der Waals surface area contributed by atoms with E-state index < -0.39 is 10.0 Å². The number of hydrogen-bond donors (Lipinski definition) is 2. The van der Waals surface area contributed by atoms with Gasteiger partial charge in [0.15, 0.2) is 5.82 Å². The molecule has 0 saturated heterocycles. The molecule has 0 amide bonds. The molecule has 0 atom stereocenters. The predicted molar refractivity (Wildman–Crippen MR) is 100 cm³/mol. The molecule has 1 heterocycles. The zero-order chi connectivity index (χ0) is 19.4. The fourth-order valence-electron chi connectivity index (χ4n) is 2.69. The van der Waals surface area contributed by atoms with Gasteiger partial charge in [-0.05, 0) is 48.7 Å². The molecule has 27 heavy (non-hydrogen) atoms. The van der Waals surface area contributed by atoms with Crippen LogP contribution in [0, 0.1) is 19.7 Å². The average molecular weight is 388 g/mol. The second kappa shape index (κ2) is 7.98. The van der Waals surface area contributed by atoms with E-state index in [1.807, 2.05) is 13.0 Å². The highest BCUT2D eigenvalue weighted by Crippen LogP contribution is 2.16. The van der Waals surface area contributed by atoms with Crippen LogP contribution in [-0.2, 0) is 22.9 Å². The summed E-state index contributed by atoms with van der Waals surface area (Å²) in [4.78, 5) is 4.64. The van der Waals surface area contributed by atoms with Gasteiger partial charge in [-0.1, -0.05) is 24.3 Å². The Balaban J connectivity index is 1.58. The second-order valence-corrected chi connectivity index (χ2v) is 8.15. The summed E-state index contributed by atoms with van der Waals surface area (Å²) in [6.07, 6.45) is 0.867. The van der Waals surface area contributed by atoms with Crippen LogP contribution in [-0.4, -0.2) is 30.1 Å². The topological polar surface area (TPSA) is 87.7 Å². The Labute approximate surface area is 157 Å². The van der Waals surface area contributed by atoms with E-state index in [0.29, 0.717) is 30.1 Å². The van der Waals surface area contributed by atoms with Crippen molar-refractivity contribution >= 4 is 10.0 Å². The van der Waals surface area contributed by atoms with Gasteiger partial charge in [0.2, 0.25) is 10.0 Å². The van der Waals surface area contributed by atoms with Crippen molar-refractivity contribution in [2.45, 2.75) is 31.6 Å². The predicted octanol–water partition coefficient (Wildman–Crippen LogP) is 2.67. The number of aryl methyl sites for hydroxylation is 2. The first kappa shape index (κ1) is 19.2. The van der Waals surface area contributed by atoms with Gasteiger partial charge in [-0.2, -0.15) is 5.10 Å². The molecule has 0 fully saturated rings. The third kappa shape index (κ3) is 4.99. The van der Waals surface area contributed by atoms with Gasteiger partial charge < -0.3 is 0 Å². The van der Waals surface area contributed by atoms with E-state index in [4.69, 9.17) is 0 Å². The molecule has 0 radical (unpaired) electrons. The van der Waals surface area contributed by atoms with Crippen molar-refractivity contribution in [3.05, 3.63) is 76.6 Å². The molecule has 0 bridgehead atoms. The molecule has 3 rings (SSSR count). The van der Waals surface area contributed by atoms with E-state index in [0.717, 1.165) is 11.1 Å². The van der Waals surface area contributed by atoms with Crippen molar-refractivity contribution in [1.29, 1.82) is 0 Å². The van der Waals surface area contributed by atoms with Crippen LogP contribution in [0.4, 0.5) is 4.39 Å². The Hall–Kier alpha value is -2.58. The summed E-state index contributed by atoms with van der Waals surface area (Å²) >= 11 is 0. The van der Waals surface area contributed by atoms with E-state index in [1.165, 1.54) is 12.1 Å². The van der Waals surface area contributed by atoms with Crippen LogP contribution >= 0.6 is 0 Å². The average Bonchev–Trinajstić information content (AvgIpc) is 3.06. The Morgan fingerprint density at radius 1 is 1.11 bits per heavy atom. The van der Waals surface area contributed by atoms with Gasteiger partial charge in [-0.25, -0.2) is 22.5 Å². The molecular weight excluding hydrogens is 367 g/mol. The molecule has 2 aromatic carbocycles. The van der Waals surface area contributed by atoms with Gasteiger partial charge in [-0.3, -0.25) is 5.10 Å². The molecule has 0 saturated carbocycles. The van der Waals surface area contributed by atoms with E-state index in [2.05, 4.69) is 19.9 Å². The summed E-state index contributed by atoms with van der Waals surface area (Å²) in [7, 11) is -3.58. The van der Waals surface area contributed by atoms with Crippen molar-refractivity contribution in [3.63, 3.8) is 0 Å². The number of rotatable bonds is 7. The van der Waals surface area contributed by atoms with Crippen LogP contribution in [0.15, 0.2) is 47.4 Å². The number of hydrogen-bond acceptors (Lipinski definition) is 4. The Bertz CT molecular complexity index is 1030. The number of benzene rings is 2.